The summed E-state index contributed by atoms with van der Waals surface area (Å²) in [5.74, 6) is -3.94. The summed E-state index contributed by atoms with van der Waals surface area (Å²) in [5, 5.41) is 2.44. The van der Waals surface area contributed by atoms with Crippen LogP contribution in [0.2, 0.25) is 0 Å². The van der Waals surface area contributed by atoms with Crippen LogP contribution in [0.15, 0.2) is 0 Å². The van der Waals surface area contributed by atoms with Crippen molar-refractivity contribution in [2.45, 2.75) is 77.8 Å². The summed E-state index contributed by atoms with van der Waals surface area (Å²) in [6.45, 7) is 6.56. The minimum absolute atomic E-state index is 0.0703. The fraction of sp³-hybridized carbons (Fsp3) is 0.684. The number of nitrogens with one attached hydrogen (secondary N) is 1. The monoisotopic (exact) mass is 461 g/mol. The average Bonchev–Trinajstić information content (AvgIpc) is 2.63. The Balaban J connectivity index is 3.42. The van der Waals surface area contributed by atoms with Crippen molar-refractivity contribution in [3.05, 3.63) is 0 Å². The van der Waals surface area contributed by atoms with Crippen LogP contribution in [0.4, 0.5) is 0 Å². The van der Waals surface area contributed by atoms with Crippen molar-refractivity contribution >= 4 is 36.3 Å². The summed E-state index contributed by atoms with van der Waals surface area (Å²) in [5.41, 5.74) is -1.66. The summed E-state index contributed by atoms with van der Waals surface area (Å²) in [6.07, 6.45) is -5.54. The van der Waals surface area contributed by atoms with E-state index in [-0.39, 0.29) is 6.47 Å². The molecule has 0 radical (unpaired) electrons. The first-order valence-corrected chi connectivity index (χ1v) is 9.51. The number of carbonyl (C=O) groups excluding carboxylic acids is 6. The maximum Gasteiger partial charge on any atom is 0.305 e. The lowest BCUT2D eigenvalue weighted by Crippen LogP contribution is -2.68. The number of hydrogen-bond donors (Lipinski definition) is 1. The van der Waals surface area contributed by atoms with Crippen LogP contribution in [0, 0.1) is 0 Å². The van der Waals surface area contributed by atoms with Crippen LogP contribution in [-0.2, 0) is 57.2 Å². The van der Waals surface area contributed by atoms with E-state index in [0.717, 1.165) is 27.7 Å². The van der Waals surface area contributed by atoms with Crippen LogP contribution >= 0.6 is 0 Å². The van der Waals surface area contributed by atoms with E-state index in [1.54, 1.807) is 0 Å². The molecule has 0 aliphatic carbocycles. The van der Waals surface area contributed by atoms with Gasteiger partial charge in [-0.1, -0.05) is 0 Å². The first-order chi connectivity index (χ1) is 14.8. The molecule has 0 aromatic carbocycles. The summed E-state index contributed by atoms with van der Waals surface area (Å²) in [4.78, 5) is 69.8. The molecule has 13 heteroatoms. The number of hydrogen-bond acceptors (Lipinski definition) is 12. The smallest absolute Gasteiger partial charge is 0.305 e. The molecular weight excluding hydrogens is 434 g/mol. The topological polar surface area (TPSA) is 170 Å². The molecule has 1 amide bonds. The molecule has 1 aliphatic heterocycles. The SMILES string of the molecule is CC(=O)OC[C@H]1O[C@@H](OC(C)=O)[C@H](NC(=O)C(C)(C)OC=O)[C@@H](OC(C)=O)[C@@H]1OC(C)=O. The standard InChI is InChI=1S/C19H27NO12/c1-9(22)27-7-13-15(29-10(2)23)16(30-11(3)24)14(17(32-13)31-12(4)25)20-18(26)19(5,6)28-8-21/h8,13-17H,7H2,1-6H3,(H,20,26)/t13-,14-,15-,16-,17-/m1/s1. The lowest BCUT2D eigenvalue weighted by atomic mass is 9.95. The van der Waals surface area contributed by atoms with Crippen LogP contribution in [0.25, 0.3) is 0 Å². The largest absolute Gasteiger partial charge is 0.463 e. The predicted molar refractivity (Wildman–Crippen MR) is 101 cm³/mol. The summed E-state index contributed by atoms with van der Waals surface area (Å²) >= 11 is 0. The minimum Gasteiger partial charge on any atom is -0.463 e. The number of carbonyl (C=O) groups is 6. The second-order valence-corrected chi connectivity index (χ2v) is 7.33. The van der Waals surface area contributed by atoms with Gasteiger partial charge in [0.05, 0.1) is 0 Å². The molecule has 1 saturated heterocycles. The molecule has 0 bridgehead atoms. The Hall–Kier alpha value is -3.22. The van der Waals surface area contributed by atoms with E-state index in [9.17, 15) is 28.8 Å². The lowest BCUT2D eigenvalue weighted by Gasteiger charge is -2.45. The van der Waals surface area contributed by atoms with Crippen LogP contribution in [0.3, 0.4) is 0 Å². The molecule has 13 nitrogen and oxygen atoms in total. The van der Waals surface area contributed by atoms with Crippen LogP contribution in [-0.4, -0.2) is 79.1 Å². The summed E-state index contributed by atoms with van der Waals surface area (Å²) in [6, 6.07) is -1.39. The van der Waals surface area contributed by atoms with Gasteiger partial charge in [-0.05, 0) is 13.8 Å². The molecule has 32 heavy (non-hydrogen) atoms. The van der Waals surface area contributed by atoms with E-state index >= 15 is 0 Å². The molecule has 1 rings (SSSR count). The molecule has 180 valence electrons. The first-order valence-electron chi connectivity index (χ1n) is 9.51. The zero-order valence-corrected chi connectivity index (χ0v) is 18.6. The number of amides is 1. The van der Waals surface area contributed by atoms with Gasteiger partial charge in [0.1, 0.15) is 18.8 Å². The van der Waals surface area contributed by atoms with Crippen molar-refractivity contribution < 1.29 is 57.2 Å². The lowest BCUT2D eigenvalue weighted by molar-refractivity contribution is -0.271. The number of esters is 4. The number of ether oxygens (including phenoxy) is 6. The third kappa shape index (κ3) is 7.80. The molecule has 1 heterocycles. The van der Waals surface area contributed by atoms with Crippen molar-refractivity contribution in [1.82, 2.24) is 5.32 Å². The highest BCUT2D eigenvalue weighted by Crippen LogP contribution is 2.28. The van der Waals surface area contributed by atoms with Gasteiger partial charge < -0.3 is 33.7 Å². The fourth-order valence-electron chi connectivity index (χ4n) is 2.82. The Morgan fingerprint density at radius 3 is 1.88 bits per heavy atom. The maximum atomic E-state index is 12.7. The van der Waals surface area contributed by atoms with Crippen molar-refractivity contribution in [2.75, 3.05) is 6.61 Å². The molecule has 0 spiro atoms. The highest BCUT2D eigenvalue weighted by Gasteiger charge is 2.53. The third-order valence-corrected chi connectivity index (χ3v) is 4.17. The van der Waals surface area contributed by atoms with Gasteiger partial charge in [0.2, 0.25) is 6.29 Å². The molecule has 1 fully saturated rings. The fourth-order valence-corrected chi connectivity index (χ4v) is 2.82. The molecular formula is C19H27NO12. The van der Waals surface area contributed by atoms with E-state index in [0.29, 0.717) is 0 Å². The Bertz CT molecular complexity index is 749. The Labute approximate surface area is 184 Å². The first kappa shape index (κ1) is 26.8. The van der Waals surface area contributed by atoms with Gasteiger partial charge in [0.25, 0.3) is 12.4 Å². The Morgan fingerprint density at radius 2 is 1.41 bits per heavy atom. The van der Waals surface area contributed by atoms with Gasteiger partial charge >= 0.3 is 23.9 Å². The highest BCUT2D eigenvalue weighted by molar-refractivity contribution is 5.85. The van der Waals surface area contributed by atoms with E-state index in [1.165, 1.54) is 13.8 Å². The van der Waals surface area contributed by atoms with E-state index < -0.39 is 72.6 Å². The average molecular weight is 461 g/mol. The molecule has 5 atom stereocenters. The third-order valence-electron chi connectivity index (χ3n) is 4.17. The molecule has 1 aliphatic rings. The normalized spacial score (nSPS) is 25.0. The predicted octanol–water partition coefficient (Wildman–Crippen LogP) is -0.863. The number of rotatable bonds is 9. The second kappa shape index (κ2) is 11.4. The van der Waals surface area contributed by atoms with E-state index in [1.807, 2.05) is 0 Å². The van der Waals surface area contributed by atoms with Crippen molar-refractivity contribution in [2.24, 2.45) is 0 Å². The van der Waals surface area contributed by atoms with Gasteiger partial charge in [0, 0.05) is 27.7 Å². The minimum atomic E-state index is -1.66. The van der Waals surface area contributed by atoms with Crippen LogP contribution in [0.1, 0.15) is 41.5 Å². The van der Waals surface area contributed by atoms with Gasteiger partial charge in [-0.2, -0.15) is 0 Å². The molecule has 0 aromatic heterocycles. The van der Waals surface area contributed by atoms with Gasteiger partial charge in [-0.15, -0.1) is 0 Å². The zero-order chi connectivity index (χ0) is 24.6. The zero-order valence-electron chi connectivity index (χ0n) is 18.6. The molecule has 0 unspecified atom stereocenters. The Morgan fingerprint density at radius 1 is 0.875 bits per heavy atom. The van der Waals surface area contributed by atoms with Gasteiger partial charge in [-0.3, -0.25) is 28.8 Å². The molecule has 0 saturated carbocycles. The van der Waals surface area contributed by atoms with Crippen molar-refractivity contribution in [3.8, 4) is 0 Å². The highest BCUT2D eigenvalue weighted by atomic mass is 16.7. The Kier molecular flexibility index (Phi) is 9.56. The van der Waals surface area contributed by atoms with E-state index in [4.69, 9.17) is 28.4 Å². The second-order valence-electron chi connectivity index (χ2n) is 7.33. The maximum absolute atomic E-state index is 12.7. The quantitative estimate of drug-likeness (QED) is 0.256. The molecule has 1 N–H and O–H groups in total. The van der Waals surface area contributed by atoms with E-state index in [2.05, 4.69) is 5.32 Å². The van der Waals surface area contributed by atoms with Gasteiger partial charge in [-0.25, -0.2) is 0 Å². The van der Waals surface area contributed by atoms with Crippen molar-refractivity contribution in [3.63, 3.8) is 0 Å². The van der Waals surface area contributed by atoms with Crippen LogP contribution in [0.5, 0.6) is 0 Å². The van der Waals surface area contributed by atoms with Gasteiger partial charge in [0.15, 0.2) is 17.8 Å². The molecule has 0 aromatic rings. The van der Waals surface area contributed by atoms with Crippen molar-refractivity contribution in [1.29, 1.82) is 0 Å². The summed E-state index contributed by atoms with van der Waals surface area (Å²) in [7, 11) is 0. The van der Waals surface area contributed by atoms with Crippen LogP contribution < -0.4 is 5.32 Å². The summed E-state index contributed by atoms with van der Waals surface area (Å²) < 4.78 is 31.0.